The zero-order valence-corrected chi connectivity index (χ0v) is 38.0. The standard InChI is InChI=1S/C66H47N3/c1-6-22-50(23-7-1)59-32-16-19-35-63(59)67(54-26-10-3-11-27-54)57-44-53(45-58(47-57)68(55-28-12-4-13-29-55)64-36-20-17-33-60(64)51-24-8-2-9-25-51)49-40-38-48(39-41-49)52-42-43-66-62(46-52)61-34-18-21-37-65(61)69(66)56-30-14-5-15-31-56/h1-47H. The fraction of sp³-hybridized carbons (Fsp3) is 0. The third kappa shape index (κ3) is 7.92. The van der Waals surface area contributed by atoms with Gasteiger partial charge in [-0.1, -0.05) is 200 Å². The van der Waals surface area contributed by atoms with E-state index in [4.69, 9.17) is 0 Å². The molecule has 0 amide bonds. The van der Waals surface area contributed by atoms with Crippen molar-refractivity contribution in [2.45, 2.75) is 0 Å². The molecule has 0 spiro atoms. The maximum absolute atomic E-state index is 2.41. The Morgan fingerprint density at radius 1 is 0.232 bits per heavy atom. The molecule has 0 radical (unpaired) electrons. The second-order valence-corrected chi connectivity index (χ2v) is 17.3. The normalized spacial score (nSPS) is 11.2. The molecule has 0 saturated carbocycles. The quantitative estimate of drug-likeness (QED) is 0.128. The lowest BCUT2D eigenvalue weighted by molar-refractivity contribution is 1.18. The minimum atomic E-state index is 1.04. The number of hydrogen-bond acceptors (Lipinski definition) is 2. The third-order valence-corrected chi connectivity index (χ3v) is 13.1. The van der Waals surface area contributed by atoms with Crippen LogP contribution in [-0.4, -0.2) is 4.57 Å². The second kappa shape index (κ2) is 18.2. The number of aromatic nitrogens is 1. The zero-order valence-electron chi connectivity index (χ0n) is 38.0. The number of anilines is 6. The van der Waals surface area contributed by atoms with Crippen molar-refractivity contribution in [1.82, 2.24) is 4.57 Å². The van der Waals surface area contributed by atoms with Crippen LogP contribution in [0, 0.1) is 0 Å². The topological polar surface area (TPSA) is 11.4 Å². The van der Waals surface area contributed by atoms with E-state index < -0.39 is 0 Å². The first-order valence-electron chi connectivity index (χ1n) is 23.6. The average molecular weight is 882 g/mol. The Bertz CT molecular complexity index is 3550. The SMILES string of the molecule is c1ccc(-c2ccccc2N(c2ccccc2)c2cc(-c3ccc(-c4ccc5c(c4)c4ccccc4n5-c4ccccc4)cc3)cc(N(c3ccccc3)c3ccccc3-c3ccccc3)c2)cc1. The Balaban J connectivity index is 1.05. The molecular weight excluding hydrogens is 835 g/mol. The van der Waals surface area contributed by atoms with Crippen LogP contribution in [0.25, 0.3) is 72.0 Å². The molecule has 0 bridgehead atoms. The predicted octanol–water partition coefficient (Wildman–Crippen LogP) is 18.4. The first-order chi connectivity index (χ1) is 34.2. The van der Waals surface area contributed by atoms with E-state index in [9.17, 15) is 0 Å². The molecule has 1 heterocycles. The maximum Gasteiger partial charge on any atom is 0.0541 e. The van der Waals surface area contributed by atoms with Crippen molar-refractivity contribution >= 4 is 55.9 Å². The van der Waals surface area contributed by atoms with E-state index in [1.54, 1.807) is 0 Å². The summed E-state index contributed by atoms with van der Waals surface area (Å²) in [6, 6.07) is 103. The molecule has 1 aromatic heterocycles. The number of nitrogens with zero attached hydrogens (tertiary/aromatic N) is 3. The molecule has 0 aliphatic carbocycles. The minimum absolute atomic E-state index is 1.04. The lowest BCUT2D eigenvalue weighted by Crippen LogP contribution is -2.14. The summed E-state index contributed by atoms with van der Waals surface area (Å²) in [7, 11) is 0. The van der Waals surface area contributed by atoms with Gasteiger partial charge in [0.25, 0.3) is 0 Å². The molecule has 11 aromatic carbocycles. The molecule has 0 aliphatic heterocycles. The van der Waals surface area contributed by atoms with Gasteiger partial charge >= 0.3 is 0 Å². The largest absolute Gasteiger partial charge is 0.310 e. The minimum Gasteiger partial charge on any atom is -0.310 e. The van der Waals surface area contributed by atoms with Crippen LogP contribution >= 0.6 is 0 Å². The molecule has 0 aliphatic rings. The van der Waals surface area contributed by atoms with Crippen LogP contribution < -0.4 is 9.80 Å². The Morgan fingerprint density at radius 2 is 0.638 bits per heavy atom. The number of rotatable bonds is 11. The summed E-state index contributed by atoms with van der Waals surface area (Å²) in [5.41, 5.74) is 19.1. The molecule has 12 aromatic rings. The third-order valence-electron chi connectivity index (χ3n) is 13.1. The smallest absolute Gasteiger partial charge is 0.0541 e. The Labute approximate surface area is 403 Å². The van der Waals surface area contributed by atoms with Crippen LogP contribution in [0.4, 0.5) is 34.1 Å². The van der Waals surface area contributed by atoms with E-state index in [1.165, 1.54) is 32.9 Å². The Kier molecular flexibility index (Phi) is 10.9. The number of fused-ring (bicyclic) bond motifs is 3. The van der Waals surface area contributed by atoms with Gasteiger partial charge in [0.1, 0.15) is 0 Å². The van der Waals surface area contributed by atoms with Gasteiger partial charge in [0.05, 0.1) is 22.4 Å². The van der Waals surface area contributed by atoms with Crippen molar-refractivity contribution in [1.29, 1.82) is 0 Å². The highest BCUT2D eigenvalue weighted by atomic mass is 15.2. The summed E-state index contributed by atoms with van der Waals surface area (Å²) < 4.78 is 2.37. The van der Waals surface area contributed by atoms with Gasteiger partial charge in [0.15, 0.2) is 0 Å². The lowest BCUT2D eigenvalue weighted by Gasteiger charge is -2.32. The van der Waals surface area contributed by atoms with Crippen LogP contribution in [0.2, 0.25) is 0 Å². The summed E-state index contributed by atoms with van der Waals surface area (Å²) in [5, 5.41) is 2.48. The summed E-state index contributed by atoms with van der Waals surface area (Å²) in [6.07, 6.45) is 0. The number of hydrogen-bond donors (Lipinski definition) is 0. The van der Waals surface area contributed by atoms with Gasteiger partial charge in [-0.25, -0.2) is 0 Å². The second-order valence-electron chi connectivity index (χ2n) is 17.3. The molecule has 0 fully saturated rings. The van der Waals surface area contributed by atoms with Gasteiger partial charge < -0.3 is 14.4 Å². The maximum atomic E-state index is 2.41. The van der Waals surface area contributed by atoms with Crippen molar-refractivity contribution in [2.24, 2.45) is 0 Å². The Hall–Kier alpha value is -9.18. The van der Waals surface area contributed by atoms with Crippen molar-refractivity contribution < 1.29 is 0 Å². The van der Waals surface area contributed by atoms with Gasteiger partial charge in [-0.2, -0.15) is 0 Å². The highest BCUT2D eigenvalue weighted by Gasteiger charge is 2.23. The van der Waals surface area contributed by atoms with E-state index >= 15 is 0 Å². The van der Waals surface area contributed by atoms with Gasteiger partial charge in [-0.05, 0) is 118 Å². The van der Waals surface area contributed by atoms with Crippen molar-refractivity contribution in [3.63, 3.8) is 0 Å². The summed E-state index contributed by atoms with van der Waals surface area (Å²) in [4.78, 5) is 4.83. The van der Waals surface area contributed by atoms with E-state index in [0.717, 1.165) is 73.2 Å². The summed E-state index contributed by atoms with van der Waals surface area (Å²) in [5.74, 6) is 0. The van der Waals surface area contributed by atoms with Crippen LogP contribution in [0.1, 0.15) is 0 Å². The summed E-state index contributed by atoms with van der Waals surface area (Å²) in [6.45, 7) is 0. The number of para-hydroxylation sites is 6. The molecule has 0 atom stereocenters. The van der Waals surface area contributed by atoms with Crippen molar-refractivity contribution in [3.8, 4) is 50.2 Å². The molecule has 0 unspecified atom stereocenters. The monoisotopic (exact) mass is 881 g/mol. The van der Waals surface area contributed by atoms with E-state index in [0.29, 0.717) is 0 Å². The van der Waals surface area contributed by atoms with Crippen LogP contribution in [-0.2, 0) is 0 Å². The molecule has 0 N–H and O–H groups in total. The van der Waals surface area contributed by atoms with Gasteiger partial charge in [-0.15, -0.1) is 0 Å². The van der Waals surface area contributed by atoms with E-state index in [1.807, 2.05) is 0 Å². The van der Waals surface area contributed by atoms with Crippen molar-refractivity contribution in [2.75, 3.05) is 9.80 Å². The molecule has 326 valence electrons. The molecule has 69 heavy (non-hydrogen) atoms. The van der Waals surface area contributed by atoms with Crippen LogP contribution in [0.15, 0.2) is 285 Å². The molecular formula is C66H47N3. The highest BCUT2D eigenvalue weighted by Crippen LogP contribution is 2.47. The average Bonchev–Trinajstić information content (AvgIpc) is 3.76. The first kappa shape index (κ1) is 41.3. The van der Waals surface area contributed by atoms with Crippen LogP contribution in [0.5, 0.6) is 0 Å². The highest BCUT2D eigenvalue weighted by molar-refractivity contribution is 6.10. The molecule has 3 nitrogen and oxygen atoms in total. The Morgan fingerprint density at radius 3 is 1.17 bits per heavy atom. The van der Waals surface area contributed by atoms with Gasteiger partial charge in [0, 0.05) is 50.3 Å². The van der Waals surface area contributed by atoms with Crippen LogP contribution in [0.3, 0.4) is 0 Å². The van der Waals surface area contributed by atoms with E-state index in [2.05, 4.69) is 299 Å². The molecule has 0 saturated heterocycles. The van der Waals surface area contributed by atoms with Gasteiger partial charge in [-0.3, -0.25) is 0 Å². The van der Waals surface area contributed by atoms with E-state index in [-0.39, 0.29) is 0 Å². The van der Waals surface area contributed by atoms with Gasteiger partial charge in [0.2, 0.25) is 0 Å². The zero-order chi connectivity index (χ0) is 45.9. The molecule has 12 rings (SSSR count). The van der Waals surface area contributed by atoms with Crippen molar-refractivity contribution in [3.05, 3.63) is 285 Å². The fourth-order valence-electron chi connectivity index (χ4n) is 9.95. The summed E-state index contributed by atoms with van der Waals surface area (Å²) >= 11 is 0. The number of benzene rings is 11. The first-order valence-corrected chi connectivity index (χ1v) is 23.6. The predicted molar refractivity (Wildman–Crippen MR) is 292 cm³/mol. The lowest BCUT2D eigenvalue weighted by atomic mass is 9.97. The fourth-order valence-corrected chi connectivity index (χ4v) is 9.95. The molecule has 3 heteroatoms.